The predicted molar refractivity (Wildman–Crippen MR) is 115 cm³/mol. The minimum atomic E-state index is -0.0320. The van der Waals surface area contributed by atoms with Gasteiger partial charge in [-0.05, 0) is 61.5 Å². The average molecular weight is 406 g/mol. The van der Waals surface area contributed by atoms with Crippen molar-refractivity contribution < 1.29 is 4.74 Å². The SMILES string of the molecule is S=C1N[C@H](c2ccccn2)[C@H](c2cccn2-c2cccnc2)N1C[C@@H]1CCCO1. The van der Waals surface area contributed by atoms with Gasteiger partial charge >= 0.3 is 0 Å². The van der Waals surface area contributed by atoms with E-state index in [4.69, 9.17) is 17.0 Å². The molecule has 0 amide bonds. The highest BCUT2D eigenvalue weighted by atomic mass is 32.1. The number of thiocarbonyl (C=S) groups is 1. The van der Waals surface area contributed by atoms with Crippen LogP contribution in [0.3, 0.4) is 0 Å². The summed E-state index contributed by atoms with van der Waals surface area (Å²) in [5.41, 5.74) is 3.16. The monoisotopic (exact) mass is 405 g/mol. The van der Waals surface area contributed by atoms with Crippen LogP contribution in [0.25, 0.3) is 5.69 Å². The molecule has 0 unspecified atom stereocenters. The normalized spacial score (nSPS) is 24.1. The van der Waals surface area contributed by atoms with Crippen molar-refractivity contribution >= 4 is 17.3 Å². The summed E-state index contributed by atoms with van der Waals surface area (Å²) in [5.74, 6) is 0. The third-order valence-corrected chi connectivity index (χ3v) is 5.98. The van der Waals surface area contributed by atoms with E-state index in [1.807, 2.05) is 30.6 Å². The Labute approximate surface area is 175 Å². The van der Waals surface area contributed by atoms with Crippen molar-refractivity contribution in [1.29, 1.82) is 0 Å². The molecule has 3 aromatic heterocycles. The van der Waals surface area contributed by atoms with Crippen LogP contribution in [0.1, 0.15) is 36.3 Å². The lowest BCUT2D eigenvalue weighted by Crippen LogP contribution is -2.36. The predicted octanol–water partition coefficient (Wildman–Crippen LogP) is 3.42. The highest BCUT2D eigenvalue weighted by Crippen LogP contribution is 2.40. The van der Waals surface area contributed by atoms with Gasteiger partial charge in [-0.1, -0.05) is 6.07 Å². The number of ether oxygens (including phenoxy) is 1. The van der Waals surface area contributed by atoms with Gasteiger partial charge in [-0.2, -0.15) is 0 Å². The Morgan fingerprint density at radius 3 is 2.86 bits per heavy atom. The van der Waals surface area contributed by atoms with E-state index in [2.05, 4.69) is 55.2 Å². The number of nitrogens with one attached hydrogen (secondary N) is 1. The number of aromatic nitrogens is 3. The molecule has 2 saturated heterocycles. The summed E-state index contributed by atoms with van der Waals surface area (Å²) in [6.45, 7) is 1.61. The third-order valence-electron chi connectivity index (χ3n) is 5.63. The van der Waals surface area contributed by atoms with E-state index in [1.165, 1.54) is 0 Å². The standard InChI is InChI=1S/C22H23N5OS/c29-22-25-20(18-8-1-2-11-24-18)21(27(22)15-17-7-5-13-28-17)19-9-4-12-26(19)16-6-3-10-23-14-16/h1-4,6,8-12,14,17,20-21H,5,7,13,15H2,(H,25,29)/t17-,20+,21-/m0/s1. The second-order valence-corrected chi connectivity index (χ2v) is 7.81. The lowest BCUT2D eigenvalue weighted by molar-refractivity contribution is 0.0836. The third kappa shape index (κ3) is 3.52. The Hall–Kier alpha value is -2.77. The molecule has 148 valence electrons. The molecule has 5 rings (SSSR count). The van der Waals surface area contributed by atoms with Crippen molar-refractivity contribution in [2.75, 3.05) is 13.2 Å². The van der Waals surface area contributed by atoms with Crippen LogP contribution in [0.4, 0.5) is 0 Å². The van der Waals surface area contributed by atoms with Crippen molar-refractivity contribution in [3.8, 4) is 5.69 Å². The van der Waals surface area contributed by atoms with Crippen molar-refractivity contribution in [2.45, 2.75) is 31.0 Å². The number of pyridine rings is 2. The highest BCUT2D eigenvalue weighted by Gasteiger charge is 2.42. The van der Waals surface area contributed by atoms with Gasteiger partial charge in [-0.3, -0.25) is 9.97 Å². The minimum Gasteiger partial charge on any atom is -0.376 e. The molecule has 0 bridgehead atoms. The summed E-state index contributed by atoms with van der Waals surface area (Å²) < 4.78 is 8.11. The van der Waals surface area contributed by atoms with Crippen molar-refractivity contribution in [1.82, 2.24) is 24.8 Å². The van der Waals surface area contributed by atoms with E-state index < -0.39 is 0 Å². The summed E-state index contributed by atoms with van der Waals surface area (Å²) >= 11 is 5.77. The Bertz CT molecular complexity index is 971. The minimum absolute atomic E-state index is 0.0109. The van der Waals surface area contributed by atoms with Crippen molar-refractivity contribution in [3.63, 3.8) is 0 Å². The van der Waals surface area contributed by atoms with Crippen LogP contribution in [0, 0.1) is 0 Å². The molecule has 7 heteroatoms. The Morgan fingerprint density at radius 2 is 2.10 bits per heavy atom. The summed E-state index contributed by atoms with van der Waals surface area (Å²) in [4.78, 5) is 11.2. The van der Waals surface area contributed by atoms with Crippen LogP contribution in [0.2, 0.25) is 0 Å². The van der Waals surface area contributed by atoms with E-state index >= 15 is 0 Å². The first-order valence-electron chi connectivity index (χ1n) is 9.98. The Balaban J connectivity index is 1.57. The number of nitrogens with zero attached hydrogens (tertiary/aromatic N) is 4. The molecule has 3 aromatic rings. The molecule has 6 nitrogen and oxygen atoms in total. The molecule has 2 fully saturated rings. The van der Waals surface area contributed by atoms with Gasteiger partial charge < -0.3 is 19.5 Å². The average Bonchev–Trinajstić information content (AvgIpc) is 3.51. The zero-order valence-corrected chi connectivity index (χ0v) is 16.8. The van der Waals surface area contributed by atoms with E-state index in [0.29, 0.717) is 0 Å². The molecule has 5 heterocycles. The molecule has 29 heavy (non-hydrogen) atoms. The van der Waals surface area contributed by atoms with Gasteiger partial charge in [-0.15, -0.1) is 0 Å². The Morgan fingerprint density at radius 1 is 1.14 bits per heavy atom. The van der Waals surface area contributed by atoms with Crippen LogP contribution in [0.5, 0.6) is 0 Å². The fourth-order valence-electron chi connectivity index (χ4n) is 4.30. The van der Waals surface area contributed by atoms with Gasteiger partial charge in [0.25, 0.3) is 0 Å². The Kier molecular flexibility index (Phi) is 4.99. The van der Waals surface area contributed by atoms with Crippen LogP contribution in [0.15, 0.2) is 67.3 Å². The molecule has 2 aliphatic heterocycles. The van der Waals surface area contributed by atoms with Gasteiger partial charge in [0.1, 0.15) is 0 Å². The summed E-state index contributed by atoms with van der Waals surface area (Å²) in [6.07, 6.45) is 9.97. The molecule has 0 radical (unpaired) electrons. The van der Waals surface area contributed by atoms with Crippen molar-refractivity contribution in [2.24, 2.45) is 0 Å². The summed E-state index contributed by atoms with van der Waals surface area (Å²) in [6, 6.07) is 14.2. The molecule has 3 atom stereocenters. The largest absolute Gasteiger partial charge is 0.376 e. The highest BCUT2D eigenvalue weighted by molar-refractivity contribution is 7.80. The maximum Gasteiger partial charge on any atom is 0.170 e. The quantitative estimate of drug-likeness (QED) is 0.657. The first kappa shape index (κ1) is 18.3. The molecular weight excluding hydrogens is 382 g/mol. The van der Waals surface area contributed by atoms with Gasteiger partial charge in [-0.25, -0.2) is 0 Å². The van der Waals surface area contributed by atoms with Gasteiger partial charge in [0, 0.05) is 37.4 Å². The van der Waals surface area contributed by atoms with Crippen LogP contribution in [-0.4, -0.2) is 43.8 Å². The first-order valence-corrected chi connectivity index (χ1v) is 10.4. The van der Waals surface area contributed by atoms with Gasteiger partial charge in [0.2, 0.25) is 0 Å². The molecule has 2 aliphatic rings. The fraction of sp³-hybridized carbons (Fsp3) is 0.318. The molecular formula is C22H23N5OS. The molecule has 0 aliphatic carbocycles. The topological polar surface area (TPSA) is 55.2 Å². The van der Waals surface area contributed by atoms with E-state index in [1.54, 1.807) is 6.20 Å². The first-order chi connectivity index (χ1) is 14.3. The van der Waals surface area contributed by atoms with E-state index in [0.717, 1.165) is 48.2 Å². The van der Waals surface area contributed by atoms with Gasteiger partial charge in [0.15, 0.2) is 5.11 Å². The van der Waals surface area contributed by atoms with E-state index in [-0.39, 0.29) is 18.2 Å². The summed E-state index contributed by atoms with van der Waals surface area (Å²) in [7, 11) is 0. The maximum absolute atomic E-state index is 5.92. The lowest BCUT2D eigenvalue weighted by Gasteiger charge is -2.30. The number of hydrogen-bond donors (Lipinski definition) is 1. The maximum atomic E-state index is 5.92. The van der Waals surface area contributed by atoms with Crippen LogP contribution >= 0.6 is 12.2 Å². The molecule has 1 N–H and O–H groups in total. The molecule has 0 spiro atoms. The zero-order valence-electron chi connectivity index (χ0n) is 16.0. The molecule has 0 saturated carbocycles. The zero-order chi connectivity index (χ0) is 19.6. The van der Waals surface area contributed by atoms with Crippen molar-refractivity contribution in [3.05, 3.63) is 78.6 Å². The second kappa shape index (κ2) is 7.93. The lowest BCUT2D eigenvalue weighted by atomic mass is 10.0. The fourth-order valence-corrected chi connectivity index (χ4v) is 4.61. The number of rotatable bonds is 5. The van der Waals surface area contributed by atoms with Crippen LogP contribution < -0.4 is 5.32 Å². The van der Waals surface area contributed by atoms with Crippen LogP contribution in [-0.2, 0) is 4.74 Å². The van der Waals surface area contributed by atoms with Gasteiger partial charge in [0.05, 0.1) is 35.8 Å². The smallest absolute Gasteiger partial charge is 0.170 e. The summed E-state index contributed by atoms with van der Waals surface area (Å²) in [5, 5.41) is 4.27. The molecule has 0 aromatic carbocycles. The van der Waals surface area contributed by atoms with E-state index in [9.17, 15) is 0 Å². The second-order valence-electron chi connectivity index (χ2n) is 7.43. The number of hydrogen-bond acceptors (Lipinski definition) is 4.